The molecule has 116 valence electrons. The Hall–Kier alpha value is -2.49. The first-order valence-corrected chi connectivity index (χ1v) is 7.27. The number of carbonyl (C=O) groups is 1. The molecule has 2 aromatic rings. The first kappa shape index (κ1) is 15.9. The molecule has 2 rings (SSSR count). The smallest absolute Gasteiger partial charge is 0.265 e. The summed E-state index contributed by atoms with van der Waals surface area (Å²) in [6, 6.07) is 11.3. The van der Waals surface area contributed by atoms with Crippen LogP contribution in [-0.2, 0) is 4.79 Å². The van der Waals surface area contributed by atoms with Gasteiger partial charge < -0.3 is 15.8 Å². The first-order valence-electron chi connectivity index (χ1n) is 7.27. The highest BCUT2D eigenvalue weighted by molar-refractivity contribution is 5.95. The van der Waals surface area contributed by atoms with E-state index in [9.17, 15) is 4.79 Å². The normalized spacial score (nSPS) is 11.8. The van der Waals surface area contributed by atoms with Gasteiger partial charge in [-0.1, -0.05) is 12.1 Å². The Balaban J connectivity index is 2.07. The second-order valence-electron chi connectivity index (χ2n) is 5.59. The summed E-state index contributed by atoms with van der Waals surface area (Å²) in [7, 11) is 0. The number of hydrogen-bond acceptors (Lipinski definition) is 3. The molecular formula is C18H22N2O2. The van der Waals surface area contributed by atoms with Crippen LogP contribution >= 0.6 is 0 Å². The molecule has 0 spiro atoms. The summed E-state index contributed by atoms with van der Waals surface area (Å²) in [6.07, 6.45) is -0.586. The van der Waals surface area contributed by atoms with Gasteiger partial charge in [0.2, 0.25) is 0 Å². The number of aryl methyl sites for hydroxylation is 3. The summed E-state index contributed by atoms with van der Waals surface area (Å²) < 4.78 is 5.79. The van der Waals surface area contributed by atoms with Gasteiger partial charge in [-0.3, -0.25) is 4.79 Å². The van der Waals surface area contributed by atoms with Crippen molar-refractivity contribution in [2.45, 2.75) is 33.8 Å². The van der Waals surface area contributed by atoms with Crippen molar-refractivity contribution in [2.75, 3.05) is 11.1 Å². The van der Waals surface area contributed by atoms with Crippen LogP contribution in [0.2, 0.25) is 0 Å². The molecule has 0 heterocycles. The number of amides is 1. The van der Waals surface area contributed by atoms with Crippen molar-refractivity contribution in [2.24, 2.45) is 0 Å². The van der Waals surface area contributed by atoms with Crippen LogP contribution in [0.3, 0.4) is 0 Å². The fourth-order valence-electron chi connectivity index (χ4n) is 2.14. The lowest BCUT2D eigenvalue weighted by Gasteiger charge is -2.17. The molecule has 22 heavy (non-hydrogen) atoms. The van der Waals surface area contributed by atoms with Crippen LogP contribution in [0.25, 0.3) is 0 Å². The molecule has 4 heteroatoms. The van der Waals surface area contributed by atoms with Gasteiger partial charge in [0.15, 0.2) is 6.10 Å². The number of anilines is 2. The lowest BCUT2D eigenvalue weighted by Crippen LogP contribution is -2.30. The maximum absolute atomic E-state index is 12.3. The zero-order chi connectivity index (χ0) is 16.3. The van der Waals surface area contributed by atoms with Crippen LogP contribution in [0, 0.1) is 20.8 Å². The number of nitrogens with two attached hydrogens (primary N) is 1. The average molecular weight is 298 g/mol. The third-order valence-electron chi connectivity index (χ3n) is 3.52. The van der Waals surface area contributed by atoms with Gasteiger partial charge in [-0.2, -0.15) is 0 Å². The van der Waals surface area contributed by atoms with E-state index in [0.717, 1.165) is 28.1 Å². The monoisotopic (exact) mass is 298 g/mol. The Morgan fingerprint density at radius 3 is 2.50 bits per heavy atom. The summed E-state index contributed by atoms with van der Waals surface area (Å²) in [5, 5.41) is 2.87. The molecule has 0 aromatic heterocycles. The van der Waals surface area contributed by atoms with Gasteiger partial charge in [-0.15, -0.1) is 0 Å². The SMILES string of the molecule is Cc1ccc(C)c(O[C@H](C)C(=O)Nc2ccc(N)cc2C)c1. The van der Waals surface area contributed by atoms with Gasteiger partial charge in [0.05, 0.1) is 0 Å². The maximum atomic E-state index is 12.3. The number of nitrogens with one attached hydrogen (secondary N) is 1. The van der Waals surface area contributed by atoms with E-state index in [0.29, 0.717) is 5.69 Å². The van der Waals surface area contributed by atoms with Crippen molar-refractivity contribution in [1.82, 2.24) is 0 Å². The number of ether oxygens (including phenoxy) is 1. The summed E-state index contributed by atoms with van der Waals surface area (Å²) in [5.41, 5.74) is 10.2. The second-order valence-corrected chi connectivity index (χ2v) is 5.59. The third kappa shape index (κ3) is 3.79. The quantitative estimate of drug-likeness (QED) is 0.848. The van der Waals surface area contributed by atoms with Crippen LogP contribution in [-0.4, -0.2) is 12.0 Å². The number of nitrogen functional groups attached to an aromatic ring is 1. The predicted molar refractivity (Wildman–Crippen MR) is 90.2 cm³/mol. The van der Waals surface area contributed by atoms with Gasteiger partial charge in [0, 0.05) is 11.4 Å². The second kappa shape index (κ2) is 6.52. The molecule has 0 radical (unpaired) electrons. The van der Waals surface area contributed by atoms with Gasteiger partial charge in [-0.05, 0) is 68.7 Å². The van der Waals surface area contributed by atoms with E-state index in [4.69, 9.17) is 10.5 Å². The summed E-state index contributed by atoms with van der Waals surface area (Å²) in [4.78, 5) is 12.3. The first-order chi connectivity index (χ1) is 10.4. The van der Waals surface area contributed by atoms with E-state index < -0.39 is 6.10 Å². The van der Waals surface area contributed by atoms with E-state index in [1.54, 1.807) is 19.1 Å². The van der Waals surface area contributed by atoms with Gasteiger partial charge >= 0.3 is 0 Å². The molecule has 0 bridgehead atoms. The fraction of sp³-hybridized carbons (Fsp3) is 0.278. The van der Waals surface area contributed by atoms with Crippen molar-refractivity contribution >= 4 is 17.3 Å². The molecule has 0 aliphatic heterocycles. The highest BCUT2D eigenvalue weighted by atomic mass is 16.5. The molecule has 0 unspecified atom stereocenters. The Bertz CT molecular complexity index is 695. The number of benzene rings is 2. The lowest BCUT2D eigenvalue weighted by molar-refractivity contribution is -0.122. The minimum atomic E-state index is -0.586. The van der Waals surface area contributed by atoms with Crippen molar-refractivity contribution in [1.29, 1.82) is 0 Å². The molecule has 0 saturated heterocycles. The number of rotatable bonds is 4. The molecule has 2 aromatic carbocycles. The number of carbonyl (C=O) groups excluding carboxylic acids is 1. The predicted octanol–water partition coefficient (Wildman–Crippen LogP) is 3.60. The van der Waals surface area contributed by atoms with Crippen LogP contribution in [0.4, 0.5) is 11.4 Å². The van der Waals surface area contributed by atoms with Gasteiger partial charge in [0.25, 0.3) is 5.91 Å². The van der Waals surface area contributed by atoms with E-state index in [2.05, 4.69) is 5.32 Å². The minimum Gasteiger partial charge on any atom is -0.481 e. The average Bonchev–Trinajstić information content (AvgIpc) is 2.45. The van der Waals surface area contributed by atoms with Crippen LogP contribution in [0.5, 0.6) is 5.75 Å². The number of hydrogen-bond donors (Lipinski definition) is 2. The van der Waals surface area contributed by atoms with Crippen molar-refractivity contribution in [3.05, 3.63) is 53.1 Å². The van der Waals surface area contributed by atoms with E-state index >= 15 is 0 Å². The highest BCUT2D eigenvalue weighted by Gasteiger charge is 2.16. The van der Waals surface area contributed by atoms with E-state index in [-0.39, 0.29) is 5.91 Å². The largest absolute Gasteiger partial charge is 0.481 e. The van der Waals surface area contributed by atoms with Crippen molar-refractivity contribution in [3.63, 3.8) is 0 Å². The topological polar surface area (TPSA) is 64.3 Å². The maximum Gasteiger partial charge on any atom is 0.265 e. The molecule has 3 N–H and O–H groups in total. The Morgan fingerprint density at radius 2 is 1.82 bits per heavy atom. The minimum absolute atomic E-state index is 0.186. The molecule has 1 atom stereocenters. The Morgan fingerprint density at radius 1 is 1.09 bits per heavy atom. The van der Waals surface area contributed by atoms with Crippen molar-refractivity contribution in [3.8, 4) is 5.75 Å². The lowest BCUT2D eigenvalue weighted by atomic mass is 10.1. The van der Waals surface area contributed by atoms with Crippen LogP contribution in [0.1, 0.15) is 23.6 Å². The molecule has 0 fully saturated rings. The fourth-order valence-corrected chi connectivity index (χ4v) is 2.14. The summed E-state index contributed by atoms with van der Waals surface area (Å²) >= 11 is 0. The van der Waals surface area contributed by atoms with Gasteiger partial charge in [-0.25, -0.2) is 0 Å². The molecule has 4 nitrogen and oxygen atoms in total. The molecular weight excluding hydrogens is 276 g/mol. The zero-order valence-electron chi connectivity index (χ0n) is 13.4. The van der Waals surface area contributed by atoms with Crippen LogP contribution in [0.15, 0.2) is 36.4 Å². The van der Waals surface area contributed by atoms with E-state index in [1.165, 1.54) is 0 Å². The van der Waals surface area contributed by atoms with Gasteiger partial charge in [0.1, 0.15) is 5.75 Å². The third-order valence-corrected chi connectivity index (χ3v) is 3.52. The van der Waals surface area contributed by atoms with Crippen LogP contribution < -0.4 is 15.8 Å². The molecule has 1 amide bonds. The highest BCUT2D eigenvalue weighted by Crippen LogP contribution is 2.22. The standard InChI is InChI=1S/C18H22N2O2/c1-11-5-6-12(2)17(9-11)22-14(4)18(21)20-16-8-7-15(19)10-13(16)3/h5-10,14H,19H2,1-4H3,(H,20,21)/t14-/m1/s1. The summed E-state index contributed by atoms with van der Waals surface area (Å²) in [5.74, 6) is 0.547. The zero-order valence-corrected chi connectivity index (χ0v) is 13.4. The molecule has 0 aliphatic rings. The van der Waals surface area contributed by atoms with Crippen molar-refractivity contribution < 1.29 is 9.53 Å². The molecule has 0 aliphatic carbocycles. The Labute approximate surface area is 131 Å². The summed E-state index contributed by atoms with van der Waals surface area (Å²) in [6.45, 7) is 7.60. The molecule has 0 saturated carbocycles. The van der Waals surface area contributed by atoms with E-state index in [1.807, 2.05) is 45.0 Å². The Kier molecular flexibility index (Phi) is 4.71.